The molecule has 8 aromatic carbocycles. The van der Waals surface area contributed by atoms with Crippen molar-refractivity contribution < 1.29 is 66.9 Å². The van der Waals surface area contributed by atoms with Crippen molar-refractivity contribution in [2.75, 3.05) is 10.6 Å². The third-order valence-corrected chi connectivity index (χ3v) is 13.5. The van der Waals surface area contributed by atoms with Gasteiger partial charge in [0.15, 0.2) is 5.75 Å². The minimum Gasteiger partial charge on any atom is -0.507 e. The predicted octanol–water partition coefficient (Wildman–Crippen LogP) is 9.17. The Morgan fingerprint density at radius 2 is 0.939 bits per heavy atom. The van der Waals surface area contributed by atoms with Crippen molar-refractivity contribution in [3.8, 4) is 11.5 Å². The molecule has 0 aliphatic heterocycles. The van der Waals surface area contributed by atoms with Gasteiger partial charge in [-0.25, -0.2) is 4.79 Å². The Bertz CT molecular complexity index is 3940. The van der Waals surface area contributed by atoms with E-state index in [0.29, 0.717) is 10.8 Å². The Kier molecular flexibility index (Phi) is 11.3. The van der Waals surface area contributed by atoms with Crippen molar-refractivity contribution in [2.45, 2.75) is 19.6 Å². The molecule has 0 spiro atoms. The van der Waals surface area contributed by atoms with Crippen molar-refractivity contribution in [3.63, 3.8) is 0 Å². The topological polar surface area (TPSA) is 349 Å². The second-order valence-electron chi connectivity index (χ2n) is 14.2. The summed E-state index contributed by atoms with van der Waals surface area (Å²) in [5, 5.41) is 43.5. The fourth-order valence-electron chi connectivity index (χ4n) is 7.08. The van der Waals surface area contributed by atoms with Crippen molar-refractivity contribution in [1.29, 1.82) is 0 Å². The maximum Gasteiger partial charge on any atom is 0.323 e. The number of hydrogen-bond acceptors (Lipinski definition) is 15. The minimum atomic E-state index is -5.07. The van der Waals surface area contributed by atoms with E-state index >= 15 is 0 Å². The number of hydrogen-bond donors (Lipinski definition) is 8. The number of azo groups is 2. The number of carbonyl (C=O) groups excluding carboxylic acids is 1. The van der Waals surface area contributed by atoms with Crippen molar-refractivity contribution in [3.05, 3.63) is 121 Å². The predicted molar refractivity (Wildman–Crippen MR) is 239 cm³/mol. The molecule has 2 amide bonds. The molecule has 0 bridgehead atoms. The first-order valence-corrected chi connectivity index (χ1v) is 24.2. The lowest BCUT2D eigenvalue weighted by Gasteiger charge is -2.13. The lowest BCUT2D eigenvalue weighted by atomic mass is 10.1. The van der Waals surface area contributed by atoms with Gasteiger partial charge in [-0.15, -0.1) is 10.2 Å². The average molecular weight is 973 g/mol. The molecule has 0 atom stereocenters. The molecule has 0 aliphatic rings. The maximum absolute atomic E-state index is 13.2. The van der Waals surface area contributed by atoms with Crippen LogP contribution in [0.15, 0.2) is 161 Å². The zero-order chi connectivity index (χ0) is 47.5. The number of amides is 2. The molecule has 0 aromatic heterocycles. The monoisotopic (exact) mass is 972 g/mol. The highest BCUT2D eigenvalue weighted by atomic mass is 32.2. The van der Waals surface area contributed by atoms with Crippen molar-refractivity contribution in [2.24, 2.45) is 20.5 Å². The van der Waals surface area contributed by atoms with Crippen LogP contribution in [0, 0.1) is 0 Å². The Labute approximate surface area is 372 Å². The van der Waals surface area contributed by atoms with Crippen LogP contribution in [0.4, 0.5) is 38.9 Å². The number of aromatic hydroxyl groups is 2. The molecular weight excluding hydrogens is 945 g/mol. The van der Waals surface area contributed by atoms with Gasteiger partial charge >= 0.3 is 6.03 Å². The highest BCUT2D eigenvalue weighted by molar-refractivity contribution is 7.87. The molecule has 336 valence electrons. The fraction of sp³-hybridized carbons (Fsp3) is 0. The lowest BCUT2D eigenvalue weighted by molar-refractivity contribution is 0.262. The summed E-state index contributed by atoms with van der Waals surface area (Å²) < 4.78 is 137. The average Bonchev–Trinajstić information content (AvgIpc) is 3.23. The van der Waals surface area contributed by atoms with Gasteiger partial charge in [0, 0.05) is 44.4 Å². The maximum atomic E-state index is 13.2. The summed E-state index contributed by atoms with van der Waals surface area (Å²) >= 11 is 0. The van der Waals surface area contributed by atoms with Gasteiger partial charge in [-0.3, -0.25) is 18.2 Å². The van der Waals surface area contributed by atoms with Crippen molar-refractivity contribution in [1.82, 2.24) is 0 Å². The third-order valence-electron chi connectivity index (χ3n) is 9.89. The molecule has 21 nitrogen and oxygen atoms in total. The van der Waals surface area contributed by atoms with Crippen LogP contribution in [0.2, 0.25) is 0 Å². The van der Waals surface area contributed by atoms with E-state index in [1.54, 1.807) is 0 Å². The Balaban J connectivity index is 1.05. The number of nitrogens with zero attached hydrogens (tertiary/aromatic N) is 4. The summed E-state index contributed by atoms with van der Waals surface area (Å²) in [6, 6.07) is 24.8. The molecule has 0 fully saturated rings. The van der Waals surface area contributed by atoms with Crippen LogP contribution in [0.25, 0.3) is 43.1 Å². The molecule has 0 heterocycles. The lowest BCUT2D eigenvalue weighted by Crippen LogP contribution is -2.19. The van der Waals surface area contributed by atoms with Crippen LogP contribution in [0.5, 0.6) is 11.5 Å². The van der Waals surface area contributed by atoms with Gasteiger partial charge in [-0.05, 0) is 89.0 Å². The Morgan fingerprint density at radius 1 is 0.439 bits per heavy atom. The zero-order valence-electron chi connectivity index (χ0n) is 32.8. The van der Waals surface area contributed by atoms with E-state index in [2.05, 4.69) is 31.1 Å². The first-order chi connectivity index (χ1) is 31.0. The number of nitrogens with one attached hydrogen (secondary N) is 2. The van der Waals surface area contributed by atoms with Gasteiger partial charge in [-0.1, -0.05) is 42.5 Å². The molecule has 0 aliphatic carbocycles. The number of urea groups is 1. The molecular formula is C41H28N6O15S4. The fourth-order valence-corrected chi connectivity index (χ4v) is 9.99. The molecule has 0 saturated heterocycles. The normalized spacial score (nSPS) is 12.8. The van der Waals surface area contributed by atoms with Crippen LogP contribution < -0.4 is 10.6 Å². The van der Waals surface area contributed by atoms with E-state index in [0.717, 1.165) is 12.1 Å². The first-order valence-electron chi connectivity index (χ1n) is 18.4. The second kappa shape index (κ2) is 16.5. The van der Waals surface area contributed by atoms with Crippen LogP contribution in [-0.2, 0) is 40.5 Å². The number of phenols is 2. The molecule has 0 saturated carbocycles. The van der Waals surface area contributed by atoms with E-state index in [4.69, 9.17) is 0 Å². The van der Waals surface area contributed by atoms with Gasteiger partial charge in [0.25, 0.3) is 40.5 Å². The SMILES string of the molecule is O=C(Nc1ccc2c(O)c(N=Nc3ccc4c(S(=O)(=O)O)cccc4c3)c(S(=O)(=O)O)cc2c1)Nc1ccc2c(S(=O)(=O)O)c(N=Nc3ccc4c(S(=O)(=O)O)cccc4c3)cc(O)c2c1. The van der Waals surface area contributed by atoms with Crippen LogP contribution >= 0.6 is 0 Å². The van der Waals surface area contributed by atoms with Crippen LogP contribution in [0.3, 0.4) is 0 Å². The second-order valence-corrected chi connectivity index (χ2v) is 19.7. The van der Waals surface area contributed by atoms with E-state index in [1.165, 1.54) is 109 Å². The summed E-state index contributed by atoms with van der Waals surface area (Å²) in [4.78, 5) is 10.8. The van der Waals surface area contributed by atoms with Gasteiger partial charge in [0.1, 0.15) is 36.7 Å². The smallest absolute Gasteiger partial charge is 0.323 e. The highest BCUT2D eigenvalue weighted by Gasteiger charge is 2.25. The number of carbonyl (C=O) groups is 1. The van der Waals surface area contributed by atoms with E-state index in [1.807, 2.05) is 0 Å². The summed E-state index contributed by atoms with van der Waals surface area (Å²) in [6.07, 6.45) is 0. The largest absolute Gasteiger partial charge is 0.507 e. The molecule has 8 N–H and O–H groups in total. The van der Waals surface area contributed by atoms with E-state index in [-0.39, 0.29) is 64.9 Å². The summed E-state index contributed by atoms with van der Waals surface area (Å²) in [7, 11) is -19.2. The highest BCUT2D eigenvalue weighted by Crippen LogP contribution is 2.43. The Morgan fingerprint density at radius 3 is 1.47 bits per heavy atom. The molecule has 25 heteroatoms. The quantitative estimate of drug-likeness (QED) is 0.0467. The van der Waals surface area contributed by atoms with Crippen LogP contribution in [-0.4, -0.2) is 68.1 Å². The zero-order valence-corrected chi connectivity index (χ0v) is 36.1. The molecule has 0 unspecified atom stereocenters. The van der Waals surface area contributed by atoms with E-state index < -0.39 is 79.2 Å². The summed E-state index contributed by atoms with van der Waals surface area (Å²) in [6.45, 7) is 0. The van der Waals surface area contributed by atoms with Gasteiger partial charge < -0.3 is 20.8 Å². The number of anilines is 2. The molecule has 8 aromatic rings. The molecule has 8 rings (SSSR count). The minimum absolute atomic E-state index is 0.00791. The van der Waals surface area contributed by atoms with Gasteiger partial charge in [-0.2, -0.15) is 43.9 Å². The number of fused-ring (bicyclic) bond motifs is 4. The number of rotatable bonds is 10. The van der Waals surface area contributed by atoms with Gasteiger partial charge in [0.2, 0.25) is 0 Å². The first kappa shape index (κ1) is 45.1. The molecule has 0 radical (unpaired) electrons. The van der Waals surface area contributed by atoms with Crippen LogP contribution in [0.1, 0.15) is 0 Å². The number of phenolic OH excluding ortho intramolecular Hbond substituents is 2. The van der Waals surface area contributed by atoms with E-state index in [9.17, 15) is 66.9 Å². The number of benzene rings is 8. The summed E-state index contributed by atoms with van der Waals surface area (Å²) in [5.74, 6) is -1.26. The van der Waals surface area contributed by atoms with Crippen molar-refractivity contribution >= 4 is 124 Å². The van der Waals surface area contributed by atoms with Gasteiger partial charge in [0.05, 0.1) is 11.4 Å². The standard InChI is InChI=1S/C41H28N6O15S4/c48-34-20-33(46-44-26-9-11-28-21(15-26)3-1-5-35(28)63(51,52)53)40(66(60,61)62)31-14-8-25(19-32(31)34)43-41(50)42-24-7-13-30-23(17-24)18-37(65(57,58)59)38(39(30)49)47-45-27-10-12-29-22(16-27)4-2-6-36(29)64(54,55)56/h1-20,48-49H,(H2,42,43,50)(H,51,52,53)(H,54,55,56)(H,57,58,59)(H,60,61,62). The Hall–Kier alpha value is -7.49. The summed E-state index contributed by atoms with van der Waals surface area (Å²) in [5.41, 5.74) is -0.878. The molecule has 66 heavy (non-hydrogen) atoms. The third kappa shape index (κ3) is 9.08.